The van der Waals surface area contributed by atoms with Crippen molar-refractivity contribution in [3.8, 4) is 5.75 Å². The maximum Gasteiger partial charge on any atom is 0.273 e. The fourth-order valence-electron chi connectivity index (χ4n) is 4.96. The van der Waals surface area contributed by atoms with Crippen LogP contribution in [0, 0.1) is 5.92 Å². The zero-order chi connectivity index (χ0) is 25.8. The smallest absolute Gasteiger partial charge is 0.273 e. The molecule has 0 N–H and O–H groups in total. The number of carbonyl (C=O) groups excluding carboxylic acids is 2. The third kappa shape index (κ3) is 5.86. The van der Waals surface area contributed by atoms with Gasteiger partial charge in [-0.1, -0.05) is 50.2 Å². The summed E-state index contributed by atoms with van der Waals surface area (Å²) in [5, 5.41) is 2.55. The molecule has 2 aliphatic heterocycles. The molecular weight excluding hydrogens is 486 g/mol. The normalized spacial score (nSPS) is 17.5. The van der Waals surface area contributed by atoms with Gasteiger partial charge in [0.05, 0.1) is 19.3 Å². The number of rotatable bonds is 7. The Kier molecular flexibility index (Phi) is 7.86. The molecule has 0 unspecified atom stereocenters. The Balaban J connectivity index is 1.34. The number of carbonyl (C=O) groups is 2. The van der Waals surface area contributed by atoms with E-state index >= 15 is 0 Å². The molecule has 8 heteroatoms. The van der Waals surface area contributed by atoms with Gasteiger partial charge in [0.1, 0.15) is 23.1 Å². The summed E-state index contributed by atoms with van der Waals surface area (Å²) in [7, 11) is 0. The first-order chi connectivity index (χ1) is 18.0. The number of hydrogen-bond donors (Lipinski definition) is 0. The van der Waals surface area contributed by atoms with Gasteiger partial charge in [0.25, 0.3) is 5.91 Å². The highest BCUT2D eigenvalue weighted by Gasteiger charge is 2.32. The number of thiazole rings is 1. The second-order valence-corrected chi connectivity index (χ2v) is 10.9. The van der Waals surface area contributed by atoms with E-state index < -0.39 is 0 Å². The third-order valence-corrected chi connectivity index (χ3v) is 7.62. The number of aromatic nitrogens is 1. The lowest BCUT2D eigenvalue weighted by atomic mass is 9.87. The summed E-state index contributed by atoms with van der Waals surface area (Å²) in [6.07, 6.45) is 1.35. The van der Waals surface area contributed by atoms with Crippen molar-refractivity contribution < 1.29 is 19.1 Å². The number of fused-ring (bicyclic) bond motifs is 1. The van der Waals surface area contributed by atoms with Crippen LogP contribution in [-0.2, 0) is 22.6 Å². The lowest BCUT2D eigenvalue weighted by Gasteiger charge is -2.38. The van der Waals surface area contributed by atoms with Crippen molar-refractivity contribution in [3.63, 3.8) is 0 Å². The zero-order valence-electron chi connectivity index (χ0n) is 21.4. The van der Waals surface area contributed by atoms with Crippen LogP contribution in [0.25, 0.3) is 0 Å². The van der Waals surface area contributed by atoms with E-state index in [9.17, 15) is 9.59 Å². The molecule has 2 amide bonds. The van der Waals surface area contributed by atoms with Crippen LogP contribution in [0.2, 0.25) is 0 Å². The van der Waals surface area contributed by atoms with Crippen LogP contribution < -0.4 is 4.74 Å². The summed E-state index contributed by atoms with van der Waals surface area (Å²) in [4.78, 5) is 34.3. The molecular formula is C29H33N3O4S. The number of hydrogen-bond acceptors (Lipinski definition) is 6. The van der Waals surface area contributed by atoms with Gasteiger partial charge >= 0.3 is 0 Å². The number of ether oxygens (including phenoxy) is 2. The van der Waals surface area contributed by atoms with Gasteiger partial charge in [-0.15, -0.1) is 11.3 Å². The second-order valence-electron chi connectivity index (χ2n) is 9.93. The maximum atomic E-state index is 13.2. The Morgan fingerprint density at radius 3 is 2.65 bits per heavy atom. The Morgan fingerprint density at radius 2 is 1.89 bits per heavy atom. The summed E-state index contributed by atoms with van der Waals surface area (Å²) >= 11 is 1.43. The van der Waals surface area contributed by atoms with Crippen LogP contribution in [0.15, 0.2) is 53.9 Å². The van der Waals surface area contributed by atoms with Crippen molar-refractivity contribution in [1.82, 2.24) is 14.8 Å². The summed E-state index contributed by atoms with van der Waals surface area (Å²) in [5.41, 5.74) is 3.90. The van der Waals surface area contributed by atoms with Gasteiger partial charge < -0.3 is 19.3 Å². The van der Waals surface area contributed by atoms with Crippen molar-refractivity contribution in [2.75, 3.05) is 32.8 Å². The minimum atomic E-state index is -0.141. The highest BCUT2D eigenvalue weighted by atomic mass is 32.1. The van der Waals surface area contributed by atoms with Gasteiger partial charge in [0.15, 0.2) is 0 Å². The van der Waals surface area contributed by atoms with Crippen LogP contribution in [0.4, 0.5) is 0 Å². The lowest BCUT2D eigenvalue weighted by Crippen LogP contribution is -2.41. The highest BCUT2D eigenvalue weighted by molar-refractivity contribution is 7.09. The Bertz CT molecular complexity index is 1240. The van der Waals surface area contributed by atoms with Crippen molar-refractivity contribution >= 4 is 23.2 Å². The van der Waals surface area contributed by atoms with Crippen molar-refractivity contribution in [1.29, 1.82) is 0 Å². The van der Waals surface area contributed by atoms with Gasteiger partial charge in [0.2, 0.25) is 5.91 Å². The van der Waals surface area contributed by atoms with Gasteiger partial charge in [-0.2, -0.15) is 0 Å². The SMILES string of the molecule is CC(C)CC(=O)N1CCc2ccc(OCc3nc(C(=O)N4CCOCC4)cs3)cc2[C@@H]1c1ccccc1. The molecule has 3 aromatic rings. The Morgan fingerprint density at radius 1 is 1.11 bits per heavy atom. The number of nitrogens with zero attached hydrogens (tertiary/aromatic N) is 3. The summed E-state index contributed by atoms with van der Waals surface area (Å²) in [5.74, 6) is 1.16. The van der Waals surface area contributed by atoms with E-state index in [1.165, 1.54) is 16.9 Å². The average molecular weight is 520 g/mol. The van der Waals surface area contributed by atoms with E-state index in [1.807, 2.05) is 29.2 Å². The molecule has 37 heavy (non-hydrogen) atoms. The predicted molar refractivity (Wildman–Crippen MR) is 143 cm³/mol. The van der Waals surface area contributed by atoms with E-state index in [-0.39, 0.29) is 24.5 Å². The van der Waals surface area contributed by atoms with Crippen LogP contribution in [-0.4, -0.2) is 59.4 Å². The molecule has 0 radical (unpaired) electrons. The van der Waals surface area contributed by atoms with E-state index in [2.05, 4.69) is 43.1 Å². The summed E-state index contributed by atoms with van der Waals surface area (Å²) in [6, 6.07) is 16.2. The van der Waals surface area contributed by atoms with Gasteiger partial charge in [-0.3, -0.25) is 9.59 Å². The summed E-state index contributed by atoms with van der Waals surface area (Å²) < 4.78 is 11.5. The zero-order valence-corrected chi connectivity index (χ0v) is 22.2. The fraction of sp³-hybridized carbons (Fsp3) is 0.414. The molecule has 2 aromatic carbocycles. The van der Waals surface area contributed by atoms with E-state index in [4.69, 9.17) is 9.47 Å². The second kappa shape index (κ2) is 11.4. The minimum absolute atomic E-state index is 0.0589. The maximum absolute atomic E-state index is 13.2. The number of morpholine rings is 1. The predicted octanol–water partition coefficient (Wildman–Crippen LogP) is 4.71. The van der Waals surface area contributed by atoms with Gasteiger partial charge in [0, 0.05) is 31.4 Å². The van der Waals surface area contributed by atoms with Gasteiger partial charge in [-0.25, -0.2) is 4.98 Å². The minimum Gasteiger partial charge on any atom is -0.486 e. The number of amides is 2. The standard InChI is InChI=1S/C29H33N3O4S/c1-20(2)16-27(33)32-11-10-21-8-9-23(17-24(21)28(32)22-6-4-3-5-7-22)36-18-26-30-25(19-37-26)29(34)31-12-14-35-15-13-31/h3-9,17,19-20,28H,10-16,18H2,1-2H3/t28-/m0/s1. The van der Waals surface area contributed by atoms with E-state index in [0.29, 0.717) is 50.9 Å². The molecule has 5 rings (SSSR count). The first kappa shape index (κ1) is 25.4. The molecule has 0 spiro atoms. The molecule has 1 fully saturated rings. The Hall–Kier alpha value is -3.23. The van der Waals surface area contributed by atoms with Crippen LogP contribution >= 0.6 is 11.3 Å². The molecule has 2 aliphatic rings. The quantitative estimate of drug-likeness (QED) is 0.452. The van der Waals surface area contributed by atoms with Gasteiger partial charge in [-0.05, 0) is 41.2 Å². The molecule has 0 aliphatic carbocycles. The first-order valence-electron chi connectivity index (χ1n) is 12.9. The van der Waals surface area contributed by atoms with Crippen molar-refractivity contribution in [2.45, 2.75) is 39.3 Å². The fourth-order valence-corrected chi connectivity index (χ4v) is 5.64. The van der Waals surface area contributed by atoms with Crippen molar-refractivity contribution in [3.05, 3.63) is 81.3 Å². The third-order valence-electron chi connectivity index (χ3n) is 6.80. The highest BCUT2D eigenvalue weighted by Crippen LogP contribution is 2.38. The summed E-state index contributed by atoms with van der Waals surface area (Å²) in [6.45, 7) is 7.47. The lowest BCUT2D eigenvalue weighted by molar-refractivity contribution is -0.134. The van der Waals surface area contributed by atoms with E-state index in [1.54, 1.807) is 10.3 Å². The van der Waals surface area contributed by atoms with Crippen LogP contribution in [0.3, 0.4) is 0 Å². The van der Waals surface area contributed by atoms with Crippen molar-refractivity contribution in [2.24, 2.45) is 5.92 Å². The largest absolute Gasteiger partial charge is 0.486 e. The molecule has 7 nitrogen and oxygen atoms in total. The molecule has 1 saturated heterocycles. The van der Waals surface area contributed by atoms with Crippen LogP contribution in [0.1, 0.15) is 58.5 Å². The Labute approximate surface area is 222 Å². The first-order valence-corrected chi connectivity index (χ1v) is 13.8. The van der Waals surface area contributed by atoms with Crippen LogP contribution in [0.5, 0.6) is 5.75 Å². The van der Waals surface area contributed by atoms with E-state index in [0.717, 1.165) is 28.3 Å². The monoisotopic (exact) mass is 519 g/mol. The molecule has 0 bridgehead atoms. The average Bonchev–Trinajstić information content (AvgIpc) is 3.40. The molecule has 1 atom stereocenters. The topological polar surface area (TPSA) is 72.0 Å². The number of benzene rings is 2. The molecule has 3 heterocycles. The molecule has 1 aromatic heterocycles. The molecule has 0 saturated carbocycles. The molecule has 194 valence electrons.